The van der Waals surface area contributed by atoms with Crippen LogP contribution in [0, 0.1) is 0 Å². The van der Waals surface area contributed by atoms with Crippen LogP contribution in [0.15, 0.2) is 231 Å². The monoisotopic (exact) mass is 806 g/mol. The number of fused-ring (bicyclic) bond motifs is 12. The van der Waals surface area contributed by atoms with E-state index in [0.717, 1.165) is 0 Å². The molecule has 0 aromatic heterocycles. The van der Waals surface area contributed by atoms with Crippen LogP contribution in [0.3, 0.4) is 0 Å². The Labute approximate surface area is 369 Å². The van der Waals surface area contributed by atoms with Gasteiger partial charge >= 0.3 is 0 Å². The Morgan fingerprint density at radius 3 is 0.688 bits per heavy atom. The maximum atomic E-state index is 2.45. The number of benzene rings is 14. The van der Waals surface area contributed by atoms with Gasteiger partial charge in [0.25, 0.3) is 0 Å². The highest BCUT2D eigenvalue weighted by atomic mass is 14.3. The quantitative estimate of drug-likeness (QED) is 0.123. The Balaban J connectivity index is 1.11. The third-order valence-electron chi connectivity index (χ3n) is 14.1. The molecule has 0 atom stereocenters. The summed E-state index contributed by atoms with van der Waals surface area (Å²) in [6.45, 7) is 0. The Morgan fingerprint density at radius 1 is 0.141 bits per heavy atom. The first-order chi connectivity index (χ1) is 31.8. The molecule has 14 aromatic carbocycles. The van der Waals surface area contributed by atoms with Crippen LogP contribution in [0.25, 0.3) is 141 Å². The molecule has 0 aliphatic heterocycles. The maximum Gasteiger partial charge on any atom is -0.00139 e. The largest absolute Gasteiger partial charge is 0.0616 e. The average Bonchev–Trinajstić information content (AvgIpc) is 3.36. The van der Waals surface area contributed by atoms with E-state index in [4.69, 9.17) is 0 Å². The smallest absolute Gasteiger partial charge is 0.00139 e. The highest BCUT2D eigenvalue weighted by molar-refractivity contribution is 6.33. The van der Waals surface area contributed by atoms with Gasteiger partial charge < -0.3 is 0 Å². The summed E-state index contributed by atoms with van der Waals surface area (Å²) in [6, 6.07) is 86.4. The van der Waals surface area contributed by atoms with E-state index in [1.807, 2.05) is 0 Å². The van der Waals surface area contributed by atoms with Gasteiger partial charge in [-0.1, -0.05) is 194 Å². The van der Waals surface area contributed by atoms with Crippen LogP contribution in [0.1, 0.15) is 0 Å². The fourth-order valence-electron chi connectivity index (χ4n) is 11.4. The molecule has 64 heavy (non-hydrogen) atoms. The van der Waals surface area contributed by atoms with E-state index in [0.29, 0.717) is 0 Å². The lowest BCUT2D eigenvalue weighted by atomic mass is 9.79. The predicted octanol–water partition coefficient (Wildman–Crippen LogP) is 18.2. The minimum Gasteiger partial charge on any atom is -0.0616 e. The molecule has 0 radical (unpaired) electrons. The van der Waals surface area contributed by atoms with E-state index in [9.17, 15) is 0 Å². The van der Waals surface area contributed by atoms with Gasteiger partial charge in [0.2, 0.25) is 0 Å². The summed E-state index contributed by atoms with van der Waals surface area (Å²) in [7, 11) is 0. The summed E-state index contributed by atoms with van der Waals surface area (Å²) >= 11 is 0. The van der Waals surface area contributed by atoms with E-state index < -0.39 is 0 Å². The highest BCUT2D eigenvalue weighted by Gasteiger charge is 2.24. The molecule has 0 heteroatoms. The van der Waals surface area contributed by atoms with Gasteiger partial charge in [-0.3, -0.25) is 0 Å². The van der Waals surface area contributed by atoms with E-state index in [1.165, 1.54) is 141 Å². The summed E-state index contributed by atoms with van der Waals surface area (Å²) in [6.07, 6.45) is 0. The topological polar surface area (TPSA) is 0 Å². The van der Waals surface area contributed by atoms with E-state index in [2.05, 4.69) is 231 Å². The molecule has 0 nitrogen and oxygen atoms in total. The molecule has 0 spiro atoms. The molecule has 0 aliphatic carbocycles. The molecular formula is C64H38. The zero-order valence-corrected chi connectivity index (χ0v) is 34.9. The van der Waals surface area contributed by atoms with Gasteiger partial charge in [-0.2, -0.15) is 0 Å². The predicted molar refractivity (Wildman–Crippen MR) is 278 cm³/mol. The van der Waals surface area contributed by atoms with E-state index in [-0.39, 0.29) is 0 Å². The molecule has 0 bridgehead atoms. The molecule has 0 saturated carbocycles. The van der Waals surface area contributed by atoms with Crippen LogP contribution in [0.5, 0.6) is 0 Å². The number of hydrogen-bond donors (Lipinski definition) is 0. The lowest BCUT2D eigenvalue weighted by Crippen LogP contribution is -1.95. The van der Waals surface area contributed by atoms with Gasteiger partial charge in [-0.15, -0.1) is 0 Å². The molecular weight excluding hydrogens is 769 g/mol. The van der Waals surface area contributed by atoms with Crippen LogP contribution < -0.4 is 0 Å². The number of rotatable bonds is 3. The van der Waals surface area contributed by atoms with Gasteiger partial charge in [0.1, 0.15) is 0 Å². The fourth-order valence-corrected chi connectivity index (χ4v) is 11.4. The first kappa shape index (κ1) is 35.3. The van der Waals surface area contributed by atoms with Crippen molar-refractivity contribution in [2.24, 2.45) is 0 Å². The maximum absolute atomic E-state index is 2.45. The molecule has 0 N–H and O–H groups in total. The summed E-state index contributed by atoms with van der Waals surface area (Å²) in [5.74, 6) is 0. The van der Waals surface area contributed by atoms with Crippen LogP contribution in [0.4, 0.5) is 0 Å². The van der Waals surface area contributed by atoms with Crippen molar-refractivity contribution >= 4 is 108 Å². The second kappa shape index (κ2) is 13.6. The van der Waals surface area contributed by atoms with Gasteiger partial charge in [0.15, 0.2) is 0 Å². The summed E-state index contributed by atoms with van der Waals surface area (Å²) in [4.78, 5) is 0. The Hall–Kier alpha value is -8.32. The normalized spacial score (nSPS) is 12.1. The van der Waals surface area contributed by atoms with Crippen molar-refractivity contribution in [2.75, 3.05) is 0 Å². The van der Waals surface area contributed by atoms with Crippen molar-refractivity contribution in [2.45, 2.75) is 0 Å². The van der Waals surface area contributed by atoms with Crippen LogP contribution in [-0.2, 0) is 0 Å². The van der Waals surface area contributed by atoms with Crippen molar-refractivity contribution in [3.8, 4) is 33.4 Å². The second-order valence-corrected chi connectivity index (χ2v) is 17.5. The minimum absolute atomic E-state index is 1.25. The van der Waals surface area contributed by atoms with Crippen molar-refractivity contribution in [3.05, 3.63) is 231 Å². The summed E-state index contributed by atoms with van der Waals surface area (Å²) < 4.78 is 0. The minimum atomic E-state index is 1.25. The van der Waals surface area contributed by atoms with E-state index >= 15 is 0 Å². The van der Waals surface area contributed by atoms with Gasteiger partial charge in [-0.25, -0.2) is 0 Å². The van der Waals surface area contributed by atoms with Gasteiger partial charge in [0.05, 0.1) is 0 Å². The summed E-state index contributed by atoms with van der Waals surface area (Å²) in [5.41, 5.74) is 7.64. The highest BCUT2D eigenvalue weighted by Crippen LogP contribution is 2.52. The first-order valence-electron chi connectivity index (χ1n) is 22.3. The van der Waals surface area contributed by atoms with Crippen molar-refractivity contribution in [1.82, 2.24) is 0 Å². The standard InChI is InChI=1S/C64H38/c1-3-19-41-35-57-43(33-39(41)17-1)37-59(47-23-7-5-21-45(47)57)61-49-25-9-13-29-53(49)63(54-30-14-10-26-50(54)61)64-55-31-15-11-27-51(55)62(52-28-12-16-32-56(52)64)60-38-44-34-40-18-2-4-20-42(40)36-58(44)46-22-6-8-24-48(46)60/h1-38H. The lowest BCUT2D eigenvalue weighted by molar-refractivity contribution is 1.70. The molecule has 14 aromatic rings. The molecule has 0 aliphatic rings. The first-order valence-corrected chi connectivity index (χ1v) is 22.3. The van der Waals surface area contributed by atoms with Gasteiger partial charge in [0, 0.05) is 0 Å². The molecule has 0 saturated heterocycles. The fraction of sp³-hybridized carbons (Fsp3) is 0. The van der Waals surface area contributed by atoms with Crippen molar-refractivity contribution in [3.63, 3.8) is 0 Å². The zero-order valence-electron chi connectivity index (χ0n) is 34.9. The van der Waals surface area contributed by atoms with Crippen LogP contribution >= 0.6 is 0 Å². The lowest BCUT2D eigenvalue weighted by Gasteiger charge is -2.23. The van der Waals surface area contributed by atoms with Crippen LogP contribution in [0.2, 0.25) is 0 Å². The second-order valence-electron chi connectivity index (χ2n) is 17.5. The molecule has 294 valence electrons. The van der Waals surface area contributed by atoms with E-state index in [1.54, 1.807) is 0 Å². The van der Waals surface area contributed by atoms with Crippen molar-refractivity contribution in [1.29, 1.82) is 0 Å². The zero-order chi connectivity index (χ0) is 41.9. The Morgan fingerprint density at radius 2 is 0.375 bits per heavy atom. The molecule has 0 heterocycles. The summed E-state index contributed by atoms with van der Waals surface area (Å²) in [5, 5.41) is 25.3. The molecule has 14 rings (SSSR count). The third-order valence-corrected chi connectivity index (χ3v) is 14.1. The Bertz CT molecular complexity index is 3910. The molecule has 0 amide bonds. The SMILES string of the molecule is c1ccc2cc3c(cc(-c4c5ccccc5c(-c5c6ccccc6c(-c6cc7cc8ccccc8cc7c7ccccc67)c6ccccc56)c5ccccc45)c4ccccc43)cc2c1. The molecule has 0 unspecified atom stereocenters. The Kier molecular flexibility index (Phi) is 7.49. The third kappa shape index (κ3) is 5.05. The van der Waals surface area contributed by atoms with Gasteiger partial charge in [-0.05, 0) is 178 Å². The van der Waals surface area contributed by atoms with Crippen molar-refractivity contribution < 1.29 is 0 Å². The average molecular weight is 807 g/mol. The molecule has 0 fully saturated rings. The number of hydrogen-bond acceptors (Lipinski definition) is 0. The van der Waals surface area contributed by atoms with Crippen LogP contribution in [-0.4, -0.2) is 0 Å².